The Morgan fingerprint density at radius 1 is 1.06 bits per heavy atom. The van der Waals surface area contributed by atoms with Gasteiger partial charge in [-0.15, -0.1) is 22.1 Å². The third-order valence-electron chi connectivity index (χ3n) is 5.49. The van der Waals surface area contributed by atoms with Crippen molar-refractivity contribution < 1.29 is 21.4 Å². The molecule has 166 valence electrons. The highest BCUT2D eigenvalue weighted by Crippen LogP contribution is 2.20. The second-order valence-electron chi connectivity index (χ2n) is 7.66. The van der Waals surface area contributed by atoms with Crippen LogP contribution in [0.2, 0.25) is 0 Å². The summed E-state index contributed by atoms with van der Waals surface area (Å²) in [4.78, 5) is 4.35. The third-order valence-corrected chi connectivity index (χ3v) is 5.49. The van der Waals surface area contributed by atoms with E-state index in [4.69, 9.17) is 5.73 Å². The maximum atomic E-state index is 6.06. The summed E-state index contributed by atoms with van der Waals surface area (Å²) in [6.45, 7) is 5.87. The van der Waals surface area contributed by atoms with Crippen LogP contribution in [0.5, 0.6) is 0 Å². The smallest absolute Gasteiger partial charge is 0.286 e. The standard InChI is InChI=1S/C22H28N7.2BrH/c1-17-8-9-29-16-20(27(3)21(29)14-17)19-6-4-18(5-7-19)15-24-25-22(23)28-12-10-26(2)11-13-28;;/h4-9,14-16H,10-13H2,1-3H3,(H2,23,25);2*1H/q+1;;/p-1/b24-15+;;. The molecule has 31 heavy (non-hydrogen) atoms. The van der Waals surface area contributed by atoms with Crippen LogP contribution < -0.4 is 27.1 Å². The first-order chi connectivity index (χ1) is 14.0. The van der Waals surface area contributed by atoms with Crippen molar-refractivity contribution in [3.05, 3.63) is 59.9 Å². The molecule has 0 radical (unpaired) electrons. The number of aromatic nitrogens is 2. The number of fused-ring (bicyclic) bond motifs is 1. The Bertz CT molecular complexity index is 1070. The van der Waals surface area contributed by atoms with Crippen LogP contribution in [0.1, 0.15) is 11.1 Å². The summed E-state index contributed by atoms with van der Waals surface area (Å²) in [7, 11) is 4.21. The largest absolute Gasteiger partial charge is 1.00 e. The number of nitrogens with zero attached hydrogens (tertiary/aromatic N) is 6. The summed E-state index contributed by atoms with van der Waals surface area (Å²) in [6, 6.07) is 12.6. The van der Waals surface area contributed by atoms with Crippen molar-refractivity contribution in [1.29, 1.82) is 0 Å². The molecule has 9 heteroatoms. The van der Waals surface area contributed by atoms with Gasteiger partial charge in [-0.3, -0.25) is 0 Å². The SMILES string of the molecule is Br.Cc1cc[n+]2cc(-c3ccc(/C=N/N=C(\N)N4CCN(C)CC4)cc3)n(C)c2c1.[Br-]. The van der Waals surface area contributed by atoms with E-state index in [1.807, 2.05) is 12.1 Å². The van der Waals surface area contributed by atoms with E-state index in [-0.39, 0.29) is 34.0 Å². The number of pyridine rings is 1. The molecule has 1 saturated heterocycles. The highest BCUT2D eigenvalue weighted by atomic mass is 79.9. The third kappa shape index (κ3) is 5.72. The Balaban J connectivity index is 0.00000171. The minimum atomic E-state index is 0. The lowest BCUT2D eigenvalue weighted by atomic mass is 10.1. The number of aryl methyl sites for hydroxylation is 2. The molecular formula is C22H29Br2N7. The van der Waals surface area contributed by atoms with Gasteiger partial charge in [0.2, 0.25) is 5.96 Å². The van der Waals surface area contributed by atoms with Crippen molar-refractivity contribution in [3.8, 4) is 11.3 Å². The van der Waals surface area contributed by atoms with Crippen molar-refractivity contribution in [2.45, 2.75) is 6.92 Å². The number of hydrogen-bond donors (Lipinski definition) is 1. The average molecular weight is 551 g/mol. The molecule has 1 aliphatic rings. The van der Waals surface area contributed by atoms with Crippen molar-refractivity contribution in [2.24, 2.45) is 23.0 Å². The fourth-order valence-electron chi connectivity index (χ4n) is 3.58. The molecule has 4 rings (SSSR count). The Kier molecular flexibility index (Phi) is 8.79. The lowest BCUT2D eigenvalue weighted by Crippen LogP contribution is -3.00. The Morgan fingerprint density at radius 3 is 2.42 bits per heavy atom. The van der Waals surface area contributed by atoms with E-state index < -0.39 is 0 Å². The molecule has 0 spiro atoms. The molecule has 0 aliphatic carbocycles. The highest BCUT2D eigenvalue weighted by Gasteiger charge is 2.16. The number of imidazole rings is 1. The number of likely N-dealkylation sites (N-methyl/N-ethyl adjacent to an activating group) is 1. The van der Waals surface area contributed by atoms with Crippen LogP contribution in [0.25, 0.3) is 16.9 Å². The highest BCUT2D eigenvalue weighted by molar-refractivity contribution is 8.93. The van der Waals surface area contributed by atoms with Crippen LogP contribution in [0.4, 0.5) is 0 Å². The maximum Gasteiger partial charge on any atom is 0.286 e. The molecule has 0 bridgehead atoms. The Morgan fingerprint density at radius 2 is 1.74 bits per heavy atom. The second kappa shape index (κ2) is 10.9. The number of nitrogens with two attached hydrogens (primary N) is 1. The lowest BCUT2D eigenvalue weighted by Gasteiger charge is -2.32. The summed E-state index contributed by atoms with van der Waals surface area (Å²) < 4.78 is 4.35. The summed E-state index contributed by atoms with van der Waals surface area (Å²) >= 11 is 0. The number of hydrogen-bond acceptors (Lipinski definition) is 3. The normalized spacial score (nSPS) is 15.2. The zero-order chi connectivity index (χ0) is 20.4. The van der Waals surface area contributed by atoms with Gasteiger partial charge in [-0.25, -0.2) is 8.97 Å². The Labute approximate surface area is 204 Å². The predicted molar refractivity (Wildman–Crippen MR) is 127 cm³/mol. The fourth-order valence-corrected chi connectivity index (χ4v) is 3.58. The molecule has 0 amide bonds. The first-order valence-electron chi connectivity index (χ1n) is 9.89. The van der Waals surface area contributed by atoms with Gasteiger partial charge in [0, 0.05) is 37.8 Å². The predicted octanol–water partition coefficient (Wildman–Crippen LogP) is -0.783. The van der Waals surface area contributed by atoms with Gasteiger partial charge >= 0.3 is 0 Å². The van der Waals surface area contributed by atoms with E-state index in [1.165, 1.54) is 11.2 Å². The minimum Gasteiger partial charge on any atom is -1.00 e. The molecule has 2 N–H and O–H groups in total. The number of guanidine groups is 1. The zero-order valence-corrected chi connectivity index (χ0v) is 21.4. The average Bonchev–Trinajstić information content (AvgIpc) is 3.05. The monoisotopic (exact) mass is 549 g/mol. The zero-order valence-electron chi connectivity index (χ0n) is 18.1. The molecule has 1 aliphatic heterocycles. The quantitative estimate of drug-likeness (QED) is 0.201. The minimum absolute atomic E-state index is 0. The number of benzene rings is 1. The van der Waals surface area contributed by atoms with Crippen LogP contribution in [-0.4, -0.2) is 59.8 Å². The number of rotatable bonds is 3. The summed E-state index contributed by atoms with van der Waals surface area (Å²) in [6.07, 6.45) is 5.99. The van der Waals surface area contributed by atoms with Gasteiger partial charge in [0.05, 0.1) is 19.5 Å². The van der Waals surface area contributed by atoms with Crippen molar-refractivity contribution in [2.75, 3.05) is 33.2 Å². The first-order valence-corrected chi connectivity index (χ1v) is 9.89. The van der Waals surface area contributed by atoms with Gasteiger partial charge in [-0.05, 0) is 43.3 Å². The fraction of sp³-hybridized carbons (Fsp3) is 0.318. The van der Waals surface area contributed by atoms with E-state index in [9.17, 15) is 0 Å². The van der Waals surface area contributed by atoms with Crippen LogP contribution in [0.15, 0.2) is 59.0 Å². The van der Waals surface area contributed by atoms with E-state index in [0.29, 0.717) is 5.96 Å². The second-order valence-corrected chi connectivity index (χ2v) is 7.66. The summed E-state index contributed by atoms with van der Waals surface area (Å²) in [5.74, 6) is 0.480. The molecule has 1 fully saturated rings. The van der Waals surface area contributed by atoms with Crippen molar-refractivity contribution in [1.82, 2.24) is 14.4 Å². The van der Waals surface area contributed by atoms with Crippen LogP contribution >= 0.6 is 17.0 Å². The lowest BCUT2D eigenvalue weighted by molar-refractivity contribution is -0.510. The van der Waals surface area contributed by atoms with Gasteiger partial charge in [0.1, 0.15) is 6.20 Å². The van der Waals surface area contributed by atoms with Gasteiger partial charge in [-0.1, -0.05) is 12.1 Å². The Hall–Kier alpha value is -2.23. The molecule has 2 aromatic heterocycles. The van der Waals surface area contributed by atoms with Crippen LogP contribution in [0.3, 0.4) is 0 Å². The maximum absolute atomic E-state index is 6.06. The van der Waals surface area contributed by atoms with Gasteiger partial charge < -0.3 is 32.5 Å². The van der Waals surface area contributed by atoms with Crippen molar-refractivity contribution in [3.63, 3.8) is 0 Å². The molecule has 3 heterocycles. The van der Waals surface area contributed by atoms with Crippen molar-refractivity contribution >= 4 is 34.8 Å². The summed E-state index contributed by atoms with van der Waals surface area (Å²) in [5.41, 5.74) is 11.8. The molecule has 7 nitrogen and oxygen atoms in total. The van der Waals surface area contributed by atoms with Gasteiger partial charge in [-0.2, -0.15) is 5.10 Å². The molecule has 3 aromatic rings. The van der Waals surface area contributed by atoms with Crippen LogP contribution in [-0.2, 0) is 7.05 Å². The van der Waals surface area contributed by atoms with Crippen LogP contribution in [0, 0.1) is 6.92 Å². The van der Waals surface area contributed by atoms with Gasteiger partial charge in [0.15, 0.2) is 5.69 Å². The number of piperazine rings is 1. The number of halogens is 2. The topological polar surface area (TPSA) is 66.2 Å². The summed E-state index contributed by atoms with van der Waals surface area (Å²) in [5, 5.41) is 8.34. The first kappa shape index (κ1) is 25.0. The molecule has 0 atom stereocenters. The van der Waals surface area contributed by atoms with Gasteiger partial charge in [0.25, 0.3) is 5.65 Å². The molecule has 0 saturated carbocycles. The molecular weight excluding hydrogens is 522 g/mol. The van der Waals surface area contributed by atoms with E-state index in [2.05, 4.69) is 86.6 Å². The molecule has 0 unspecified atom stereocenters. The van der Waals surface area contributed by atoms with E-state index in [1.54, 1.807) is 6.21 Å². The van der Waals surface area contributed by atoms with E-state index >= 15 is 0 Å². The van der Waals surface area contributed by atoms with E-state index in [0.717, 1.165) is 43.0 Å². The molecule has 1 aromatic carbocycles.